The standard InChI is InChI=1S/C16H14F3NO4S/c1-25(22,23)14-8-4-12(5-9-14)15(21)20-10-11-2-6-13(7-3-11)24-16(17,18)19/h2-9H,10H2,1H3,(H,20,21). The van der Waals surface area contributed by atoms with Gasteiger partial charge in [-0.15, -0.1) is 13.2 Å². The van der Waals surface area contributed by atoms with Crippen LogP contribution < -0.4 is 10.1 Å². The summed E-state index contributed by atoms with van der Waals surface area (Å²) in [4.78, 5) is 12.1. The summed E-state index contributed by atoms with van der Waals surface area (Å²) in [6, 6.07) is 10.5. The molecule has 2 aromatic carbocycles. The molecule has 1 amide bonds. The Morgan fingerprint density at radius 2 is 1.60 bits per heavy atom. The maximum atomic E-state index is 12.1. The van der Waals surface area contributed by atoms with Crippen LogP contribution in [0, 0.1) is 0 Å². The zero-order valence-electron chi connectivity index (χ0n) is 13.0. The molecule has 5 nitrogen and oxygen atoms in total. The largest absolute Gasteiger partial charge is 0.573 e. The number of amides is 1. The van der Waals surface area contributed by atoms with E-state index in [1.165, 1.54) is 36.4 Å². The fourth-order valence-electron chi connectivity index (χ4n) is 1.95. The SMILES string of the molecule is CS(=O)(=O)c1ccc(C(=O)NCc2ccc(OC(F)(F)F)cc2)cc1. The Balaban J connectivity index is 1.95. The van der Waals surface area contributed by atoms with E-state index >= 15 is 0 Å². The van der Waals surface area contributed by atoms with Crippen LogP contribution >= 0.6 is 0 Å². The van der Waals surface area contributed by atoms with Crippen molar-refractivity contribution in [2.75, 3.05) is 6.26 Å². The Hall–Kier alpha value is -2.55. The van der Waals surface area contributed by atoms with Crippen molar-refractivity contribution in [1.29, 1.82) is 0 Å². The van der Waals surface area contributed by atoms with E-state index in [1.807, 2.05) is 0 Å². The summed E-state index contributed by atoms with van der Waals surface area (Å²) in [7, 11) is -3.34. The fourth-order valence-corrected chi connectivity index (χ4v) is 2.58. The topological polar surface area (TPSA) is 72.5 Å². The van der Waals surface area contributed by atoms with Crippen molar-refractivity contribution < 1.29 is 31.1 Å². The minimum Gasteiger partial charge on any atom is -0.406 e. The van der Waals surface area contributed by atoms with Crippen molar-refractivity contribution in [3.63, 3.8) is 0 Å². The van der Waals surface area contributed by atoms with E-state index in [0.29, 0.717) is 5.56 Å². The van der Waals surface area contributed by atoms with Crippen LogP contribution in [0.1, 0.15) is 15.9 Å². The van der Waals surface area contributed by atoms with Crippen LogP contribution in [0.25, 0.3) is 0 Å². The normalized spacial score (nSPS) is 11.8. The van der Waals surface area contributed by atoms with Crippen molar-refractivity contribution in [3.05, 3.63) is 59.7 Å². The first kappa shape index (κ1) is 18.8. The molecule has 9 heteroatoms. The molecule has 0 saturated heterocycles. The predicted molar refractivity (Wildman–Crippen MR) is 83.8 cm³/mol. The monoisotopic (exact) mass is 373 g/mol. The Bertz CT molecular complexity index is 844. The fraction of sp³-hybridized carbons (Fsp3) is 0.188. The lowest BCUT2D eigenvalue weighted by atomic mass is 10.2. The number of ether oxygens (including phenoxy) is 1. The Morgan fingerprint density at radius 3 is 2.08 bits per heavy atom. The second kappa shape index (κ2) is 7.14. The molecule has 0 atom stereocenters. The van der Waals surface area contributed by atoms with Crippen LogP contribution in [0.4, 0.5) is 13.2 Å². The number of nitrogens with one attached hydrogen (secondary N) is 1. The number of rotatable bonds is 5. The molecule has 1 N–H and O–H groups in total. The van der Waals surface area contributed by atoms with Gasteiger partial charge in [0, 0.05) is 18.4 Å². The van der Waals surface area contributed by atoms with E-state index in [-0.39, 0.29) is 22.8 Å². The average molecular weight is 373 g/mol. The van der Waals surface area contributed by atoms with Gasteiger partial charge >= 0.3 is 6.36 Å². The van der Waals surface area contributed by atoms with Crippen LogP contribution in [0.5, 0.6) is 5.75 Å². The molecule has 0 spiro atoms. The lowest BCUT2D eigenvalue weighted by molar-refractivity contribution is -0.274. The molecule has 0 aliphatic rings. The number of benzene rings is 2. The van der Waals surface area contributed by atoms with Gasteiger partial charge in [-0.05, 0) is 42.0 Å². The van der Waals surface area contributed by atoms with Gasteiger partial charge < -0.3 is 10.1 Å². The second-order valence-electron chi connectivity index (χ2n) is 5.17. The molecular weight excluding hydrogens is 359 g/mol. The Morgan fingerprint density at radius 1 is 1.04 bits per heavy atom. The van der Waals surface area contributed by atoms with Crippen molar-refractivity contribution in [3.8, 4) is 5.75 Å². The van der Waals surface area contributed by atoms with Crippen LogP contribution in [0.15, 0.2) is 53.4 Å². The first-order valence-electron chi connectivity index (χ1n) is 6.97. The summed E-state index contributed by atoms with van der Waals surface area (Å²) in [5, 5.41) is 2.59. The molecule has 0 saturated carbocycles. The first-order valence-corrected chi connectivity index (χ1v) is 8.87. The average Bonchev–Trinajstić information content (AvgIpc) is 2.52. The Labute approximate surface area is 142 Å². The number of carbonyl (C=O) groups is 1. The van der Waals surface area contributed by atoms with E-state index in [9.17, 15) is 26.4 Å². The lowest BCUT2D eigenvalue weighted by Crippen LogP contribution is -2.22. The van der Waals surface area contributed by atoms with Gasteiger partial charge in [0.05, 0.1) is 4.90 Å². The smallest absolute Gasteiger partial charge is 0.406 e. The molecule has 0 fully saturated rings. The van der Waals surface area contributed by atoms with E-state index in [4.69, 9.17) is 0 Å². The molecule has 0 unspecified atom stereocenters. The van der Waals surface area contributed by atoms with Gasteiger partial charge in [-0.1, -0.05) is 12.1 Å². The van der Waals surface area contributed by atoms with Crippen molar-refractivity contribution in [2.24, 2.45) is 0 Å². The van der Waals surface area contributed by atoms with E-state index < -0.39 is 22.1 Å². The lowest BCUT2D eigenvalue weighted by Gasteiger charge is -2.10. The van der Waals surface area contributed by atoms with Crippen molar-refractivity contribution >= 4 is 15.7 Å². The van der Waals surface area contributed by atoms with Crippen LogP contribution in [0.2, 0.25) is 0 Å². The molecule has 0 aliphatic heterocycles. The molecule has 2 rings (SSSR count). The number of hydrogen-bond donors (Lipinski definition) is 1. The third-order valence-electron chi connectivity index (χ3n) is 3.15. The van der Waals surface area contributed by atoms with Gasteiger partial charge in [0.2, 0.25) is 0 Å². The Kier molecular flexibility index (Phi) is 5.36. The molecule has 0 radical (unpaired) electrons. The van der Waals surface area contributed by atoms with Gasteiger partial charge in [-0.25, -0.2) is 8.42 Å². The van der Waals surface area contributed by atoms with E-state index in [2.05, 4.69) is 10.1 Å². The highest BCUT2D eigenvalue weighted by molar-refractivity contribution is 7.90. The molecule has 0 bridgehead atoms. The maximum Gasteiger partial charge on any atom is 0.573 e. The van der Waals surface area contributed by atoms with Gasteiger partial charge in [-0.2, -0.15) is 0 Å². The van der Waals surface area contributed by atoms with Crippen molar-refractivity contribution in [2.45, 2.75) is 17.8 Å². The van der Waals surface area contributed by atoms with Gasteiger partial charge in [0.1, 0.15) is 5.75 Å². The van der Waals surface area contributed by atoms with E-state index in [0.717, 1.165) is 18.4 Å². The quantitative estimate of drug-likeness (QED) is 0.875. The highest BCUT2D eigenvalue weighted by Gasteiger charge is 2.30. The number of carbonyl (C=O) groups excluding carboxylic acids is 1. The predicted octanol–water partition coefficient (Wildman–Crippen LogP) is 2.92. The van der Waals surface area contributed by atoms with E-state index in [1.54, 1.807) is 0 Å². The van der Waals surface area contributed by atoms with Crippen molar-refractivity contribution in [1.82, 2.24) is 5.32 Å². The zero-order chi connectivity index (χ0) is 18.7. The van der Waals surface area contributed by atoms with Crippen LogP contribution in [0.3, 0.4) is 0 Å². The van der Waals surface area contributed by atoms with Gasteiger partial charge in [0.15, 0.2) is 9.84 Å². The first-order chi connectivity index (χ1) is 11.5. The molecule has 0 aromatic heterocycles. The summed E-state index contributed by atoms with van der Waals surface area (Å²) >= 11 is 0. The summed E-state index contributed by atoms with van der Waals surface area (Å²) < 4.78 is 62.7. The molecular formula is C16H14F3NO4S. The minimum atomic E-state index is -4.76. The highest BCUT2D eigenvalue weighted by atomic mass is 32.2. The minimum absolute atomic E-state index is 0.0962. The molecule has 0 aliphatic carbocycles. The summed E-state index contributed by atoms with van der Waals surface area (Å²) in [5.41, 5.74) is 0.847. The second-order valence-corrected chi connectivity index (χ2v) is 7.19. The maximum absolute atomic E-state index is 12.1. The van der Waals surface area contributed by atoms with Gasteiger partial charge in [-0.3, -0.25) is 4.79 Å². The summed E-state index contributed by atoms with van der Waals surface area (Å²) in [5.74, 6) is -0.783. The summed E-state index contributed by atoms with van der Waals surface area (Å²) in [6.07, 6.45) is -3.69. The molecule has 2 aromatic rings. The third-order valence-corrected chi connectivity index (χ3v) is 4.28. The molecule has 134 valence electrons. The highest BCUT2D eigenvalue weighted by Crippen LogP contribution is 2.22. The van der Waals surface area contributed by atoms with Gasteiger partial charge in [0.25, 0.3) is 5.91 Å². The zero-order valence-corrected chi connectivity index (χ0v) is 13.8. The molecule has 25 heavy (non-hydrogen) atoms. The van der Waals surface area contributed by atoms with Crippen LogP contribution in [-0.4, -0.2) is 26.9 Å². The van der Waals surface area contributed by atoms with Crippen LogP contribution in [-0.2, 0) is 16.4 Å². The molecule has 0 heterocycles. The summed E-state index contributed by atoms with van der Waals surface area (Å²) in [6.45, 7) is 0.0962. The third kappa shape index (κ3) is 5.79. The number of halogens is 3. The number of sulfone groups is 1. The number of alkyl halides is 3. The number of hydrogen-bond acceptors (Lipinski definition) is 4.